The summed E-state index contributed by atoms with van der Waals surface area (Å²) in [5.74, 6) is 0. The third-order valence-electron chi connectivity index (χ3n) is 2.67. The highest BCUT2D eigenvalue weighted by Gasteiger charge is 2.40. The van der Waals surface area contributed by atoms with E-state index in [2.05, 4.69) is 15.9 Å². The second kappa shape index (κ2) is 4.88. The number of halogens is 1. The summed E-state index contributed by atoms with van der Waals surface area (Å²) in [7, 11) is -0.360. The first-order chi connectivity index (χ1) is 7.67. The maximum atomic E-state index is 9.16. The number of aliphatic hydroxyl groups is 1. The topological polar surface area (TPSA) is 38.7 Å². The van der Waals surface area contributed by atoms with Gasteiger partial charge in [-0.05, 0) is 17.9 Å². The van der Waals surface area contributed by atoms with Gasteiger partial charge in [0, 0.05) is 5.33 Å². The lowest BCUT2D eigenvalue weighted by Gasteiger charge is -2.19. The van der Waals surface area contributed by atoms with E-state index in [1.54, 1.807) is 0 Å². The SMILES string of the molecule is CC1(CO)COB(c2ccc(CBr)cc2)O1. The van der Waals surface area contributed by atoms with Crippen LogP contribution in [0.25, 0.3) is 0 Å². The summed E-state index contributed by atoms with van der Waals surface area (Å²) in [6.07, 6.45) is 0. The van der Waals surface area contributed by atoms with Crippen molar-refractivity contribution < 1.29 is 14.4 Å². The second-order valence-corrected chi connectivity index (χ2v) is 4.80. The fourth-order valence-corrected chi connectivity index (χ4v) is 1.96. The molecule has 0 amide bonds. The third kappa shape index (κ3) is 2.48. The van der Waals surface area contributed by atoms with Crippen LogP contribution in [0, 0.1) is 0 Å². The van der Waals surface area contributed by atoms with Crippen LogP contribution < -0.4 is 5.46 Å². The molecule has 0 spiro atoms. The highest BCUT2D eigenvalue weighted by Crippen LogP contribution is 2.20. The molecule has 2 rings (SSSR count). The summed E-state index contributed by atoms with van der Waals surface area (Å²) in [6.45, 7) is 2.25. The first-order valence-electron chi connectivity index (χ1n) is 5.22. The van der Waals surface area contributed by atoms with Crippen LogP contribution in [0.5, 0.6) is 0 Å². The molecule has 1 fully saturated rings. The van der Waals surface area contributed by atoms with Crippen LogP contribution in [0.4, 0.5) is 0 Å². The molecule has 5 heteroatoms. The minimum atomic E-state index is -0.571. The van der Waals surface area contributed by atoms with Gasteiger partial charge in [-0.2, -0.15) is 0 Å². The standard InChI is InChI=1S/C11H14BBrO3/c1-11(7-14)8-15-12(16-11)10-4-2-9(6-13)3-5-10/h2-5,14H,6-8H2,1H3. The molecule has 1 aliphatic heterocycles. The quantitative estimate of drug-likeness (QED) is 0.667. The molecule has 1 atom stereocenters. The molecule has 3 nitrogen and oxygen atoms in total. The highest BCUT2D eigenvalue weighted by molar-refractivity contribution is 9.08. The Morgan fingerprint density at radius 1 is 1.44 bits per heavy atom. The molecule has 0 bridgehead atoms. The van der Waals surface area contributed by atoms with Crippen molar-refractivity contribution in [3.05, 3.63) is 29.8 Å². The lowest BCUT2D eigenvalue weighted by molar-refractivity contribution is 0.0424. The molecular weight excluding hydrogens is 271 g/mol. The number of hydrogen-bond acceptors (Lipinski definition) is 3. The first kappa shape index (κ1) is 12.1. The average molecular weight is 285 g/mol. The van der Waals surface area contributed by atoms with E-state index in [4.69, 9.17) is 14.4 Å². The minimum Gasteiger partial charge on any atom is -0.404 e. The fraction of sp³-hybridized carbons (Fsp3) is 0.455. The smallest absolute Gasteiger partial charge is 0.404 e. The van der Waals surface area contributed by atoms with E-state index in [-0.39, 0.29) is 13.7 Å². The lowest BCUT2D eigenvalue weighted by atomic mass is 9.79. The maximum absolute atomic E-state index is 9.16. The molecule has 1 aromatic rings. The van der Waals surface area contributed by atoms with Gasteiger partial charge >= 0.3 is 7.12 Å². The van der Waals surface area contributed by atoms with Crippen molar-refractivity contribution in [2.45, 2.75) is 17.9 Å². The predicted octanol–water partition coefficient (Wildman–Crippen LogP) is 1.07. The zero-order chi connectivity index (χ0) is 11.6. The van der Waals surface area contributed by atoms with Crippen LogP contribution in [-0.4, -0.2) is 31.0 Å². The molecule has 1 aromatic carbocycles. The molecule has 16 heavy (non-hydrogen) atoms. The van der Waals surface area contributed by atoms with Gasteiger partial charge in [0.1, 0.15) is 0 Å². The van der Waals surface area contributed by atoms with Crippen LogP contribution in [0.15, 0.2) is 24.3 Å². The number of hydrogen-bond donors (Lipinski definition) is 1. The van der Waals surface area contributed by atoms with Gasteiger partial charge in [0.2, 0.25) is 0 Å². The number of rotatable bonds is 3. The summed E-state index contributed by atoms with van der Waals surface area (Å²) >= 11 is 3.40. The van der Waals surface area contributed by atoms with E-state index in [0.717, 1.165) is 10.8 Å². The number of aliphatic hydroxyl groups excluding tert-OH is 1. The van der Waals surface area contributed by atoms with Crippen LogP contribution in [0.1, 0.15) is 12.5 Å². The van der Waals surface area contributed by atoms with Gasteiger partial charge in [0.25, 0.3) is 0 Å². The average Bonchev–Trinajstić information content (AvgIpc) is 2.73. The molecule has 0 aromatic heterocycles. The van der Waals surface area contributed by atoms with Crippen LogP contribution in [0.3, 0.4) is 0 Å². The molecule has 0 saturated carbocycles. The van der Waals surface area contributed by atoms with Gasteiger partial charge in [-0.15, -0.1) is 0 Å². The largest absolute Gasteiger partial charge is 0.494 e. The summed E-state index contributed by atoms with van der Waals surface area (Å²) in [6, 6.07) is 8.05. The summed E-state index contributed by atoms with van der Waals surface area (Å²) in [5.41, 5.74) is 1.63. The Morgan fingerprint density at radius 2 is 2.12 bits per heavy atom. The van der Waals surface area contributed by atoms with Crippen LogP contribution in [-0.2, 0) is 14.6 Å². The summed E-state index contributed by atoms with van der Waals surface area (Å²) < 4.78 is 11.2. The van der Waals surface area contributed by atoms with Gasteiger partial charge < -0.3 is 14.4 Å². The Kier molecular flexibility index (Phi) is 3.69. The summed E-state index contributed by atoms with van der Waals surface area (Å²) in [4.78, 5) is 0. The number of benzene rings is 1. The third-order valence-corrected chi connectivity index (χ3v) is 3.32. The Morgan fingerprint density at radius 3 is 2.62 bits per heavy atom. The highest BCUT2D eigenvalue weighted by atomic mass is 79.9. The van der Waals surface area contributed by atoms with Gasteiger partial charge in [0.15, 0.2) is 0 Å². The molecule has 1 N–H and O–H groups in total. The molecule has 0 aliphatic carbocycles. The van der Waals surface area contributed by atoms with Crippen molar-refractivity contribution >= 4 is 28.5 Å². The van der Waals surface area contributed by atoms with Crippen molar-refractivity contribution in [3.63, 3.8) is 0 Å². The molecular formula is C11H14BBrO3. The van der Waals surface area contributed by atoms with Crippen LogP contribution in [0.2, 0.25) is 0 Å². The Labute approximate surface area is 104 Å². The first-order valence-corrected chi connectivity index (χ1v) is 6.34. The van der Waals surface area contributed by atoms with Crippen molar-refractivity contribution in [3.8, 4) is 0 Å². The minimum absolute atomic E-state index is 0.0248. The Balaban J connectivity index is 2.08. The second-order valence-electron chi connectivity index (χ2n) is 4.24. The fourth-order valence-electron chi connectivity index (χ4n) is 1.59. The zero-order valence-corrected chi connectivity index (χ0v) is 10.7. The van der Waals surface area contributed by atoms with Crippen molar-refractivity contribution in [1.29, 1.82) is 0 Å². The monoisotopic (exact) mass is 284 g/mol. The van der Waals surface area contributed by atoms with Crippen LogP contribution >= 0.6 is 15.9 Å². The van der Waals surface area contributed by atoms with E-state index < -0.39 is 5.60 Å². The van der Waals surface area contributed by atoms with Crippen molar-refractivity contribution in [2.24, 2.45) is 0 Å². The van der Waals surface area contributed by atoms with Gasteiger partial charge in [-0.1, -0.05) is 40.2 Å². The lowest BCUT2D eigenvalue weighted by Crippen LogP contribution is -2.37. The van der Waals surface area contributed by atoms with E-state index >= 15 is 0 Å². The van der Waals surface area contributed by atoms with E-state index in [1.807, 2.05) is 31.2 Å². The van der Waals surface area contributed by atoms with E-state index in [1.165, 1.54) is 5.56 Å². The predicted molar refractivity (Wildman–Crippen MR) is 67.0 cm³/mol. The Bertz CT molecular complexity index is 357. The van der Waals surface area contributed by atoms with E-state index in [0.29, 0.717) is 6.61 Å². The van der Waals surface area contributed by atoms with E-state index in [9.17, 15) is 0 Å². The van der Waals surface area contributed by atoms with Gasteiger partial charge in [0.05, 0.1) is 18.8 Å². The van der Waals surface area contributed by atoms with Gasteiger partial charge in [-0.3, -0.25) is 0 Å². The number of alkyl halides is 1. The molecule has 0 radical (unpaired) electrons. The van der Waals surface area contributed by atoms with Gasteiger partial charge in [-0.25, -0.2) is 0 Å². The molecule has 86 valence electrons. The summed E-state index contributed by atoms with van der Waals surface area (Å²) in [5, 5.41) is 10.0. The van der Waals surface area contributed by atoms with Crippen molar-refractivity contribution in [2.75, 3.05) is 13.2 Å². The molecule has 1 saturated heterocycles. The molecule has 1 heterocycles. The maximum Gasteiger partial charge on any atom is 0.494 e. The Hall–Kier alpha value is -0.355. The zero-order valence-electron chi connectivity index (χ0n) is 9.15. The normalized spacial score (nSPS) is 25.1. The molecule has 1 unspecified atom stereocenters. The molecule has 1 aliphatic rings. The van der Waals surface area contributed by atoms with Crippen molar-refractivity contribution in [1.82, 2.24) is 0 Å².